The second-order valence-corrected chi connectivity index (χ2v) is 6.46. The number of piperidine rings is 2. The number of rotatable bonds is 1. The second kappa shape index (κ2) is 5.05. The highest BCUT2D eigenvalue weighted by Crippen LogP contribution is 2.34. The van der Waals surface area contributed by atoms with E-state index in [1.807, 2.05) is 25.7 Å². The quantitative estimate of drug-likeness (QED) is 0.553. The van der Waals surface area contributed by atoms with Crippen LogP contribution in [-0.2, 0) is 4.74 Å². The molecular formula is C13H25N3O2. The standard InChI is InChI=1S/C13H25N3O2/c1-13(2,3)18-12(17)16-10-5-4-6-11(16)8-9(7-10)15-14/h9-11,15H,4-8,14H2,1-3H3. The molecule has 1 amide bonds. The second-order valence-electron chi connectivity index (χ2n) is 6.46. The fraction of sp³-hybridized carbons (Fsp3) is 0.923. The zero-order valence-electron chi connectivity index (χ0n) is 11.6. The minimum Gasteiger partial charge on any atom is -0.444 e. The van der Waals surface area contributed by atoms with Gasteiger partial charge >= 0.3 is 6.09 Å². The molecule has 0 aliphatic carbocycles. The first-order chi connectivity index (χ1) is 8.40. The topological polar surface area (TPSA) is 67.6 Å². The third-order valence-electron chi connectivity index (χ3n) is 3.81. The first-order valence-corrected chi connectivity index (χ1v) is 6.88. The molecule has 0 aromatic heterocycles. The van der Waals surface area contributed by atoms with Crippen LogP contribution in [0.25, 0.3) is 0 Å². The Labute approximate surface area is 109 Å². The van der Waals surface area contributed by atoms with Gasteiger partial charge in [-0.1, -0.05) is 0 Å². The van der Waals surface area contributed by atoms with E-state index < -0.39 is 5.60 Å². The van der Waals surface area contributed by atoms with Crippen molar-refractivity contribution in [2.45, 2.75) is 76.6 Å². The number of hydrogen-bond acceptors (Lipinski definition) is 4. The Hall–Kier alpha value is -0.810. The number of nitrogens with two attached hydrogens (primary N) is 1. The van der Waals surface area contributed by atoms with Crippen LogP contribution in [0, 0.1) is 0 Å². The SMILES string of the molecule is CC(C)(C)OC(=O)N1C2CCCC1CC(NN)C2. The lowest BCUT2D eigenvalue weighted by atomic mass is 9.82. The Kier molecular flexibility index (Phi) is 3.82. The number of nitrogens with zero attached hydrogens (tertiary/aromatic N) is 1. The van der Waals surface area contributed by atoms with Crippen LogP contribution in [0.4, 0.5) is 4.79 Å². The largest absolute Gasteiger partial charge is 0.444 e. The van der Waals surface area contributed by atoms with E-state index in [0.717, 1.165) is 25.7 Å². The Morgan fingerprint density at radius 1 is 1.28 bits per heavy atom. The van der Waals surface area contributed by atoms with E-state index >= 15 is 0 Å². The molecule has 0 aromatic rings. The molecule has 5 nitrogen and oxygen atoms in total. The zero-order chi connectivity index (χ0) is 13.3. The first-order valence-electron chi connectivity index (χ1n) is 6.88. The number of amides is 1. The molecule has 3 N–H and O–H groups in total. The minimum atomic E-state index is -0.422. The molecule has 2 bridgehead atoms. The average Bonchev–Trinajstić information content (AvgIpc) is 2.24. The number of carbonyl (C=O) groups excluding carboxylic acids is 1. The predicted octanol–water partition coefficient (Wildman–Crippen LogP) is 1.77. The zero-order valence-corrected chi connectivity index (χ0v) is 11.6. The summed E-state index contributed by atoms with van der Waals surface area (Å²) >= 11 is 0. The molecule has 5 heteroatoms. The molecule has 2 heterocycles. The molecule has 0 radical (unpaired) electrons. The number of hydrazine groups is 1. The molecule has 2 saturated heterocycles. The van der Waals surface area contributed by atoms with Gasteiger partial charge in [0.25, 0.3) is 0 Å². The molecule has 2 atom stereocenters. The van der Waals surface area contributed by atoms with Crippen LogP contribution in [0.2, 0.25) is 0 Å². The summed E-state index contributed by atoms with van der Waals surface area (Å²) in [7, 11) is 0. The van der Waals surface area contributed by atoms with Crippen molar-refractivity contribution in [3.8, 4) is 0 Å². The van der Waals surface area contributed by atoms with Crippen molar-refractivity contribution in [2.75, 3.05) is 0 Å². The van der Waals surface area contributed by atoms with Gasteiger partial charge in [0, 0.05) is 18.1 Å². The third kappa shape index (κ3) is 2.95. The first kappa shape index (κ1) is 13.6. The summed E-state index contributed by atoms with van der Waals surface area (Å²) in [6.45, 7) is 5.73. The Bertz CT molecular complexity index is 300. The van der Waals surface area contributed by atoms with Crippen LogP contribution in [0.15, 0.2) is 0 Å². The summed E-state index contributed by atoms with van der Waals surface area (Å²) in [4.78, 5) is 14.2. The van der Waals surface area contributed by atoms with E-state index in [4.69, 9.17) is 10.6 Å². The smallest absolute Gasteiger partial charge is 0.410 e. The molecule has 0 aromatic carbocycles. The van der Waals surface area contributed by atoms with Crippen LogP contribution in [0.3, 0.4) is 0 Å². The number of hydrogen-bond donors (Lipinski definition) is 2. The summed E-state index contributed by atoms with van der Waals surface area (Å²) in [6.07, 6.45) is 5.04. The van der Waals surface area contributed by atoms with Gasteiger partial charge < -0.3 is 9.64 Å². The summed E-state index contributed by atoms with van der Waals surface area (Å²) in [5.74, 6) is 5.55. The van der Waals surface area contributed by atoms with E-state index in [1.165, 1.54) is 6.42 Å². The molecule has 2 aliphatic rings. The van der Waals surface area contributed by atoms with Crippen molar-refractivity contribution in [3.05, 3.63) is 0 Å². The van der Waals surface area contributed by atoms with Gasteiger partial charge in [0.05, 0.1) is 0 Å². The molecule has 2 fully saturated rings. The van der Waals surface area contributed by atoms with Crippen LogP contribution < -0.4 is 11.3 Å². The fourth-order valence-corrected chi connectivity index (χ4v) is 3.13. The monoisotopic (exact) mass is 255 g/mol. The van der Waals surface area contributed by atoms with E-state index in [-0.39, 0.29) is 18.2 Å². The third-order valence-corrected chi connectivity index (χ3v) is 3.81. The van der Waals surface area contributed by atoms with E-state index in [2.05, 4.69) is 5.43 Å². The van der Waals surface area contributed by atoms with Crippen molar-refractivity contribution < 1.29 is 9.53 Å². The normalized spacial score (nSPS) is 32.2. The number of nitrogens with one attached hydrogen (secondary N) is 1. The predicted molar refractivity (Wildman–Crippen MR) is 69.8 cm³/mol. The summed E-state index contributed by atoms with van der Waals surface area (Å²) < 4.78 is 5.52. The average molecular weight is 255 g/mol. The van der Waals surface area contributed by atoms with Gasteiger partial charge in [0.2, 0.25) is 0 Å². The highest BCUT2D eigenvalue weighted by molar-refractivity contribution is 5.69. The van der Waals surface area contributed by atoms with Crippen molar-refractivity contribution in [1.82, 2.24) is 10.3 Å². The maximum Gasteiger partial charge on any atom is 0.410 e. The lowest BCUT2D eigenvalue weighted by molar-refractivity contribution is -0.0234. The van der Waals surface area contributed by atoms with Crippen LogP contribution in [-0.4, -0.2) is 34.7 Å². The molecule has 2 unspecified atom stereocenters. The summed E-state index contributed by atoms with van der Waals surface area (Å²) in [6, 6.07) is 0.904. The van der Waals surface area contributed by atoms with Crippen molar-refractivity contribution >= 4 is 6.09 Å². The molecule has 0 spiro atoms. The Morgan fingerprint density at radius 2 is 1.83 bits per heavy atom. The van der Waals surface area contributed by atoms with E-state index in [1.54, 1.807) is 0 Å². The lowest BCUT2D eigenvalue weighted by Gasteiger charge is -2.48. The molecule has 0 saturated carbocycles. The van der Waals surface area contributed by atoms with E-state index in [9.17, 15) is 4.79 Å². The van der Waals surface area contributed by atoms with Gasteiger partial charge in [0.15, 0.2) is 0 Å². The Morgan fingerprint density at radius 3 is 2.28 bits per heavy atom. The van der Waals surface area contributed by atoms with Crippen molar-refractivity contribution in [2.24, 2.45) is 5.84 Å². The van der Waals surface area contributed by atoms with Gasteiger partial charge in [-0.05, 0) is 52.9 Å². The maximum atomic E-state index is 12.3. The summed E-state index contributed by atoms with van der Waals surface area (Å²) in [5, 5.41) is 0. The van der Waals surface area contributed by atoms with Crippen LogP contribution in [0.1, 0.15) is 52.9 Å². The van der Waals surface area contributed by atoms with E-state index in [0.29, 0.717) is 6.04 Å². The molecular weight excluding hydrogens is 230 g/mol. The molecule has 18 heavy (non-hydrogen) atoms. The molecule has 2 rings (SSSR count). The van der Waals surface area contributed by atoms with Gasteiger partial charge in [-0.15, -0.1) is 0 Å². The van der Waals surface area contributed by atoms with Gasteiger partial charge in [-0.2, -0.15) is 0 Å². The summed E-state index contributed by atoms with van der Waals surface area (Å²) in [5.41, 5.74) is 2.44. The number of ether oxygens (including phenoxy) is 1. The Balaban J connectivity index is 2.06. The molecule has 104 valence electrons. The molecule has 2 aliphatic heterocycles. The van der Waals surface area contributed by atoms with Crippen LogP contribution in [0.5, 0.6) is 0 Å². The van der Waals surface area contributed by atoms with Crippen molar-refractivity contribution in [1.29, 1.82) is 0 Å². The van der Waals surface area contributed by atoms with Crippen molar-refractivity contribution in [3.63, 3.8) is 0 Å². The lowest BCUT2D eigenvalue weighted by Crippen LogP contribution is -2.59. The van der Waals surface area contributed by atoms with Gasteiger partial charge in [-0.25, -0.2) is 4.79 Å². The maximum absolute atomic E-state index is 12.3. The minimum absolute atomic E-state index is 0.160. The van der Waals surface area contributed by atoms with Gasteiger partial charge in [-0.3, -0.25) is 11.3 Å². The fourth-order valence-electron chi connectivity index (χ4n) is 3.13. The highest BCUT2D eigenvalue weighted by atomic mass is 16.6. The van der Waals surface area contributed by atoms with Crippen LogP contribution >= 0.6 is 0 Å². The number of carbonyl (C=O) groups is 1. The van der Waals surface area contributed by atoms with Gasteiger partial charge in [0.1, 0.15) is 5.60 Å². The highest BCUT2D eigenvalue weighted by Gasteiger charge is 2.42. The number of fused-ring (bicyclic) bond motifs is 2.